The SMILES string of the molecule is COc1ccc(NC(=O)COC(=O)Cc2ccc(O)cc2)cc1Cl. The second-order valence-electron chi connectivity index (χ2n) is 4.90. The van der Waals surface area contributed by atoms with Crippen LogP contribution in [0.1, 0.15) is 5.56 Å². The second-order valence-corrected chi connectivity index (χ2v) is 5.31. The number of rotatable bonds is 6. The number of halogens is 1. The first-order chi connectivity index (χ1) is 11.5. The molecule has 2 N–H and O–H groups in total. The number of aromatic hydroxyl groups is 1. The number of anilines is 1. The van der Waals surface area contributed by atoms with Gasteiger partial charge >= 0.3 is 5.97 Å². The monoisotopic (exact) mass is 349 g/mol. The lowest BCUT2D eigenvalue weighted by molar-refractivity contribution is -0.146. The van der Waals surface area contributed by atoms with Crippen LogP contribution in [0.25, 0.3) is 0 Å². The number of phenols is 1. The van der Waals surface area contributed by atoms with E-state index in [4.69, 9.17) is 21.1 Å². The molecule has 0 radical (unpaired) electrons. The van der Waals surface area contributed by atoms with E-state index in [2.05, 4.69) is 5.32 Å². The average molecular weight is 350 g/mol. The fraction of sp³-hybridized carbons (Fsp3) is 0.176. The molecule has 2 aromatic carbocycles. The van der Waals surface area contributed by atoms with Gasteiger partial charge in [0, 0.05) is 5.69 Å². The van der Waals surface area contributed by atoms with E-state index in [-0.39, 0.29) is 12.2 Å². The molecule has 0 aliphatic heterocycles. The van der Waals surface area contributed by atoms with Crippen LogP contribution in [-0.2, 0) is 20.7 Å². The van der Waals surface area contributed by atoms with Crippen LogP contribution in [0.2, 0.25) is 5.02 Å². The lowest BCUT2D eigenvalue weighted by Gasteiger charge is -2.09. The van der Waals surface area contributed by atoms with Crippen molar-refractivity contribution < 1.29 is 24.2 Å². The Morgan fingerprint density at radius 3 is 2.50 bits per heavy atom. The van der Waals surface area contributed by atoms with Gasteiger partial charge in [-0.15, -0.1) is 0 Å². The van der Waals surface area contributed by atoms with Gasteiger partial charge in [-0.1, -0.05) is 23.7 Å². The number of hydrogen-bond acceptors (Lipinski definition) is 5. The molecule has 0 aliphatic rings. The van der Waals surface area contributed by atoms with Crippen molar-refractivity contribution >= 4 is 29.2 Å². The van der Waals surface area contributed by atoms with Crippen LogP contribution < -0.4 is 10.1 Å². The largest absolute Gasteiger partial charge is 0.508 e. The maximum absolute atomic E-state index is 11.8. The third kappa shape index (κ3) is 5.17. The summed E-state index contributed by atoms with van der Waals surface area (Å²) < 4.78 is 9.93. The predicted octanol–water partition coefficient (Wildman–Crippen LogP) is 2.78. The Balaban J connectivity index is 1.81. The van der Waals surface area contributed by atoms with Gasteiger partial charge in [-0.3, -0.25) is 9.59 Å². The first-order valence-electron chi connectivity index (χ1n) is 7.05. The zero-order chi connectivity index (χ0) is 17.5. The number of amides is 1. The minimum absolute atomic E-state index is 0.0158. The molecule has 0 heterocycles. The average Bonchev–Trinajstić information content (AvgIpc) is 2.55. The van der Waals surface area contributed by atoms with Gasteiger partial charge in [0.1, 0.15) is 11.5 Å². The van der Waals surface area contributed by atoms with Crippen molar-refractivity contribution in [3.8, 4) is 11.5 Å². The molecule has 0 aliphatic carbocycles. The van der Waals surface area contributed by atoms with Crippen molar-refractivity contribution in [3.63, 3.8) is 0 Å². The molecule has 6 nitrogen and oxygen atoms in total. The van der Waals surface area contributed by atoms with Gasteiger partial charge in [0.15, 0.2) is 6.61 Å². The molecular weight excluding hydrogens is 334 g/mol. The zero-order valence-electron chi connectivity index (χ0n) is 12.9. The molecule has 2 rings (SSSR count). The van der Waals surface area contributed by atoms with E-state index < -0.39 is 18.5 Å². The van der Waals surface area contributed by atoms with Gasteiger partial charge in [-0.25, -0.2) is 0 Å². The molecule has 0 spiro atoms. The summed E-state index contributed by atoms with van der Waals surface area (Å²) in [7, 11) is 1.49. The Morgan fingerprint density at radius 2 is 1.88 bits per heavy atom. The highest BCUT2D eigenvalue weighted by atomic mass is 35.5. The summed E-state index contributed by atoms with van der Waals surface area (Å²) in [6.07, 6.45) is 0.0158. The van der Waals surface area contributed by atoms with Crippen LogP contribution in [0.3, 0.4) is 0 Å². The number of esters is 1. The summed E-state index contributed by atoms with van der Waals surface area (Å²) in [5, 5.41) is 12.1. The maximum atomic E-state index is 11.8. The predicted molar refractivity (Wildman–Crippen MR) is 89.4 cm³/mol. The molecule has 0 fully saturated rings. The normalized spacial score (nSPS) is 10.1. The van der Waals surface area contributed by atoms with Crippen molar-refractivity contribution in [3.05, 3.63) is 53.1 Å². The van der Waals surface area contributed by atoms with Gasteiger partial charge in [0.05, 0.1) is 18.6 Å². The molecular formula is C17H16ClNO5. The van der Waals surface area contributed by atoms with Crippen molar-refractivity contribution in [2.45, 2.75) is 6.42 Å². The minimum Gasteiger partial charge on any atom is -0.508 e. The molecule has 0 aromatic heterocycles. The van der Waals surface area contributed by atoms with Crippen LogP contribution in [0, 0.1) is 0 Å². The molecule has 0 bridgehead atoms. The molecule has 7 heteroatoms. The summed E-state index contributed by atoms with van der Waals surface area (Å²) in [6.45, 7) is -0.402. The Bertz CT molecular complexity index is 730. The molecule has 0 saturated carbocycles. The Labute approximate surface area is 144 Å². The Hall–Kier alpha value is -2.73. The van der Waals surface area contributed by atoms with Crippen molar-refractivity contribution in [2.75, 3.05) is 19.0 Å². The maximum Gasteiger partial charge on any atom is 0.310 e. The summed E-state index contributed by atoms with van der Waals surface area (Å²) in [5.74, 6) is -0.404. The quantitative estimate of drug-likeness (QED) is 0.783. The van der Waals surface area contributed by atoms with Gasteiger partial charge in [0.25, 0.3) is 5.91 Å². The summed E-state index contributed by atoms with van der Waals surface area (Å²) in [4.78, 5) is 23.5. The first-order valence-corrected chi connectivity index (χ1v) is 7.42. The van der Waals surface area contributed by atoms with E-state index in [9.17, 15) is 14.7 Å². The number of ether oxygens (including phenoxy) is 2. The zero-order valence-corrected chi connectivity index (χ0v) is 13.7. The van der Waals surface area contributed by atoms with E-state index >= 15 is 0 Å². The number of hydrogen-bond donors (Lipinski definition) is 2. The molecule has 0 unspecified atom stereocenters. The van der Waals surface area contributed by atoms with Crippen molar-refractivity contribution in [2.24, 2.45) is 0 Å². The standard InChI is InChI=1S/C17H16ClNO5/c1-23-15-7-4-12(9-14(15)18)19-16(21)10-24-17(22)8-11-2-5-13(20)6-3-11/h2-7,9,20H,8,10H2,1H3,(H,19,21). The summed E-state index contributed by atoms with van der Waals surface area (Å²) in [6, 6.07) is 10.9. The van der Waals surface area contributed by atoms with Crippen molar-refractivity contribution in [1.82, 2.24) is 0 Å². The molecule has 24 heavy (non-hydrogen) atoms. The number of phenolic OH excluding ortho intramolecular Hbond substituents is 1. The van der Waals surface area contributed by atoms with E-state index in [0.717, 1.165) is 0 Å². The number of benzene rings is 2. The van der Waals surface area contributed by atoms with E-state index in [0.29, 0.717) is 22.0 Å². The molecule has 1 amide bonds. The second kappa shape index (κ2) is 8.21. The van der Waals surface area contributed by atoms with Gasteiger partial charge in [-0.05, 0) is 35.9 Å². The van der Waals surface area contributed by atoms with Crippen LogP contribution >= 0.6 is 11.6 Å². The van der Waals surface area contributed by atoms with Gasteiger partial charge in [-0.2, -0.15) is 0 Å². The highest BCUT2D eigenvalue weighted by Gasteiger charge is 2.10. The van der Waals surface area contributed by atoms with Gasteiger partial charge in [0.2, 0.25) is 0 Å². The molecule has 0 atom stereocenters. The van der Waals surface area contributed by atoms with E-state index in [1.165, 1.54) is 25.3 Å². The number of carbonyl (C=O) groups excluding carboxylic acids is 2. The van der Waals surface area contributed by atoms with Crippen LogP contribution in [-0.4, -0.2) is 30.7 Å². The topological polar surface area (TPSA) is 84.9 Å². The van der Waals surface area contributed by atoms with Crippen LogP contribution in [0.5, 0.6) is 11.5 Å². The van der Waals surface area contributed by atoms with Gasteiger partial charge < -0.3 is 19.9 Å². The third-order valence-corrected chi connectivity index (χ3v) is 3.38. The lowest BCUT2D eigenvalue weighted by atomic mass is 10.1. The minimum atomic E-state index is -0.538. The molecule has 126 valence electrons. The smallest absolute Gasteiger partial charge is 0.310 e. The highest BCUT2D eigenvalue weighted by Crippen LogP contribution is 2.27. The fourth-order valence-corrected chi connectivity index (χ4v) is 2.18. The fourth-order valence-electron chi connectivity index (χ4n) is 1.92. The number of methoxy groups -OCH3 is 1. The highest BCUT2D eigenvalue weighted by molar-refractivity contribution is 6.32. The van der Waals surface area contributed by atoms with Crippen LogP contribution in [0.4, 0.5) is 5.69 Å². The number of carbonyl (C=O) groups is 2. The summed E-state index contributed by atoms with van der Waals surface area (Å²) in [5.41, 5.74) is 1.15. The van der Waals surface area contributed by atoms with Crippen molar-refractivity contribution in [1.29, 1.82) is 0 Å². The lowest BCUT2D eigenvalue weighted by Crippen LogP contribution is -2.21. The van der Waals surface area contributed by atoms with E-state index in [1.54, 1.807) is 24.3 Å². The molecule has 2 aromatic rings. The Kier molecular flexibility index (Phi) is 6.03. The number of nitrogens with one attached hydrogen (secondary N) is 1. The Morgan fingerprint density at radius 1 is 1.17 bits per heavy atom. The van der Waals surface area contributed by atoms with Crippen LogP contribution in [0.15, 0.2) is 42.5 Å². The first kappa shape index (κ1) is 17.6. The van der Waals surface area contributed by atoms with E-state index in [1.807, 2.05) is 0 Å². The third-order valence-electron chi connectivity index (χ3n) is 3.08. The molecule has 0 saturated heterocycles. The summed E-state index contributed by atoms with van der Waals surface area (Å²) >= 11 is 5.96.